The van der Waals surface area contributed by atoms with Crippen LogP contribution >= 0.6 is 0 Å². The molecule has 2 rings (SSSR count). The Morgan fingerprint density at radius 3 is 2.60 bits per heavy atom. The van der Waals surface area contributed by atoms with Crippen LogP contribution in [0.1, 0.15) is 12.8 Å². The van der Waals surface area contributed by atoms with Crippen LogP contribution in [0.2, 0.25) is 0 Å². The summed E-state index contributed by atoms with van der Waals surface area (Å²) in [6.45, 7) is 3.10. The fourth-order valence-electron chi connectivity index (χ4n) is 2.25. The molecular weight excluding hydrogens is 258 g/mol. The lowest BCUT2D eigenvalue weighted by molar-refractivity contribution is 0.109. The third kappa shape index (κ3) is 4.02. The minimum atomic E-state index is 0.357. The number of methoxy groups -OCH3 is 2. The minimum absolute atomic E-state index is 0.357. The number of rotatable bonds is 8. The van der Waals surface area contributed by atoms with Crippen LogP contribution in [0.3, 0.4) is 0 Å². The van der Waals surface area contributed by atoms with E-state index >= 15 is 0 Å². The molecule has 0 aromatic heterocycles. The molecule has 1 N–H and O–H groups in total. The molecule has 0 amide bonds. The first-order valence-corrected chi connectivity index (χ1v) is 7.01. The molecule has 0 aliphatic carbocycles. The molecule has 112 valence electrons. The average molecular weight is 281 g/mol. The van der Waals surface area contributed by atoms with Gasteiger partial charge in [-0.1, -0.05) is 6.07 Å². The van der Waals surface area contributed by atoms with E-state index in [9.17, 15) is 0 Å². The molecule has 20 heavy (non-hydrogen) atoms. The highest BCUT2D eigenvalue weighted by Gasteiger charge is 2.14. The van der Waals surface area contributed by atoms with Gasteiger partial charge in [-0.05, 0) is 25.0 Å². The summed E-state index contributed by atoms with van der Waals surface area (Å²) in [6, 6.07) is 5.59. The van der Waals surface area contributed by atoms with Gasteiger partial charge in [-0.25, -0.2) is 0 Å². The van der Waals surface area contributed by atoms with Crippen LogP contribution in [0.15, 0.2) is 18.2 Å². The lowest BCUT2D eigenvalue weighted by Crippen LogP contribution is -2.29. The fraction of sp³-hybridized carbons (Fsp3) is 0.600. The molecule has 5 nitrogen and oxygen atoms in total. The number of para-hydroxylation sites is 1. The van der Waals surface area contributed by atoms with Crippen molar-refractivity contribution >= 4 is 0 Å². The van der Waals surface area contributed by atoms with Crippen molar-refractivity contribution in [2.75, 3.05) is 40.5 Å². The summed E-state index contributed by atoms with van der Waals surface area (Å²) in [6.07, 6.45) is 2.67. The second-order valence-electron chi connectivity index (χ2n) is 4.68. The predicted octanol–water partition coefficient (Wildman–Crippen LogP) is 1.85. The third-order valence-electron chi connectivity index (χ3n) is 3.30. The van der Waals surface area contributed by atoms with E-state index in [0.717, 1.165) is 26.1 Å². The molecule has 0 unspecified atom stereocenters. The Balaban J connectivity index is 1.75. The summed E-state index contributed by atoms with van der Waals surface area (Å²) in [7, 11) is 3.24. The molecule has 5 heteroatoms. The average Bonchev–Trinajstić information content (AvgIpc) is 3.00. The Morgan fingerprint density at radius 2 is 2.00 bits per heavy atom. The van der Waals surface area contributed by atoms with Crippen LogP contribution in [-0.4, -0.2) is 46.6 Å². The van der Waals surface area contributed by atoms with Crippen LogP contribution in [-0.2, 0) is 4.74 Å². The molecular formula is C15H23NO4. The van der Waals surface area contributed by atoms with Gasteiger partial charge in [0.25, 0.3) is 0 Å². The number of ether oxygens (including phenoxy) is 4. The Bertz CT molecular complexity index is 383. The zero-order chi connectivity index (χ0) is 14.2. The zero-order valence-corrected chi connectivity index (χ0v) is 12.2. The van der Waals surface area contributed by atoms with Gasteiger partial charge >= 0.3 is 0 Å². The highest BCUT2D eigenvalue weighted by molar-refractivity contribution is 5.51. The number of benzene rings is 1. The van der Waals surface area contributed by atoms with E-state index in [4.69, 9.17) is 18.9 Å². The van der Waals surface area contributed by atoms with E-state index in [0.29, 0.717) is 30.0 Å². The van der Waals surface area contributed by atoms with Crippen LogP contribution in [0.5, 0.6) is 17.2 Å². The molecule has 1 aromatic carbocycles. The molecule has 1 fully saturated rings. The monoisotopic (exact) mass is 281 g/mol. The SMILES string of the molecule is COc1cccc(OC)c1OCCNC[C@H]1CCCO1. The Labute approximate surface area is 120 Å². The maximum atomic E-state index is 5.76. The van der Waals surface area contributed by atoms with Crippen LogP contribution in [0, 0.1) is 0 Å². The first kappa shape index (κ1) is 14.9. The van der Waals surface area contributed by atoms with Crippen LogP contribution < -0.4 is 19.5 Å². The van der Waals surface area contributed by atoms with E-state index < -0.39 is 0 Å². The summed E-state index contributed by atoms with van der Waals surface area (Å²) >= 11 is 0. The Hall–Kier alpha value is -1.46. The topological polar surface area (TPSA) is 49.0 Å². The highest BCUT2D eigenvalue weighted by Crippen LogP contribution is 2.36. The molecule has 1 heterocycles. The van der Waals surface area contributed by atoms with Crippen molar-refractivity contribution in [2.45, 2.75) is 18.9 Å². The first-order valence-electron chi connectivity index (χ1n) is 7.01. The van der Waals surface area contributed by atoms with Crippen LogP contribution in [0.25, 0.3) is 0 Å². The van der Waals surface area contributed by atoms with Crippen molar-refractivity contribution in [1.29, 1.82) is 0 Å². The van der Waals surface area contributed by atoms with Crippen molar-refractivity contribution in [1.82, 2.24) is 5.32 Å². The van der Waals surface area contributed by atoms with E-state index in [1.807, 2.05) is 18.2 Å². The molecule has 1 aliphatic heterocycles. The van der Waals surface area contributed by atoms with Gasteiger partial charge < -0.3 is 24.3 Å². The zero-order valence-electron chi connectivity index (χ0n) is 12.2. The predicted molar refractivity (Wildman–Crippen MR) is 76.9 cm³/mol. The molecule has 0 saturated carbocycles. The van der Waals surface area contributed by atoms with E-state index in [1.165, 1.54) is 6.42 Å². The number of nitrogens with one attached hydrogen (secondary N) is 1. The highest BCUT2D eigenvalue weighted by atomic mass is 16.5. The lowest BCUT2D eigenvalue weighted by Gasteiger charge is -2.15. The minimum Gasteiger partial charge on any atom is -0.493 e. The second-order valence-corrected chi connectivity index (χ2v) is 4.68. The molecule has 1 aromatic rings. The summed E-state index contributed by atoms with van der Waals surface area (Å²) in [5, 5.41) is 3.34. The normalized spacial score (nSPS) is 18.0. The van der Waals surface area contributed by atoms with Crippen LogP contribution in [0.4, 0.5) is 0 Å². The van der Waals surface area contributed by atoms with Gasteiger partial charge in [0, 0.05) is 19.7 Å². The maximum absolute atomic E-state index is 5.76. The molecule has 1 atom stereocenters. The largest absolute Gasteiger partial charge is 0.493 e. The maximum Gasteiger partial charge on any atom is 0.203 e. The summed E-state index contributed by atoms with van der Waals surface area (Å²) in [4.78, 5) is 0. The first-order chi connectivity index (χ1) is 9.85. The molecule has 0 bridgehead atoms. The van der Waals surface area contributed by atoms with E-state index in [2.05, 4.69) is 5.32 Å². The molecule has 1 aliphatic rings. The number of hydrogen-bond acceptors (Lipinski definition) is 5. The van der Waals surface area contributed by atoms with Crippen molar-refractivity contribution < 1.29 is 18.9 Å². The van der Waals surface area contributed by atoms with Gasteiger partial charge in [-0.2, -0.15) is 0 Å². The summed E-state index contributed by atoms with van der Waals surface area (Å²) in [5.74, 6) is 2.02. The number of hydrogen-bond donors (Lipinski definition) is 1. The van der Waals surface area contributed by atoms with Crippen molar-refractivity contribution in [3.63, 3.8) is 0 Å². The molecule has 0 radical (unpaired) electrons. The standard InChI is InChI=1S/C15H23NO4/c1-17-13-6-3-7-14(18-2)15(13)20-10-8-16-11-12-5-4-9-19-12/h3,6-7,12,16H,4-5,8-11H2,1-2H3/t12-/m1/s1. The smallest absolute Gasteiger partial charge is 0.203 e. The van der Waals surface area contributed by atoms with Crippen molar-refractivity contribution in [2.24, 2.45) is 0 Å². The molecule has 1 saturated heterocycles. The van der Waals surface area contributed by atoms with Gasteiger partial charge in [0.05, 0.1) is 20.3 Å². The quantitative estimate of drug-likeness (QED) is 0.737. The fourth-order valence-corrected chi connectivity index (χ4v) is 2.25. The summed E-state index contributed by atoms with van der Waals surface area (Å²) < 4.78 is 21.9. The Kier molecular flexibility index (Phi) is 5.95. The summed E-state index contributed by atoms with van der Waals surface area (Å²) in [5.41, 5.74) is 0. The second kappa shape index (κ2) is 7.97. The molecule has 0 spiro atoms. The van der Waals surface area contributed by atoms with E-state index in [1.54, 1.807) is 14.2 Å². The lowest BCUT2D eigenvalue weighted by atomic mass is 10.2. The van der Waals surface area contributed by atoms with Gasteiger partial charge in [-0.3, -0.25) is 0 Å². The van der Waals surface area contributed by atoms with E-state index in [-0.39, 0.29) is 0 Å². The van der Waals surface area contributed by atoms with Gasteiger partial charge in [0.1, 0.15) is 6.61 Å². The Morgan fingerprint density at radius 1 is 1.25 bits per heavy atom. The van der Waals surface area contributed by atoms with Gasteiger partial charge in [0.15, 0.2) is 11.5 Å². The van der Waals surface area contributed by atoms with Crippen molar-refractivity contribution in [3.05, 3.63) is 18.2 Å². The van der Waals surface area contributed by atoms with Gasteiger partial charge in [-0.15, -0.1) is 0 Å². The van der Waals surface area contributed by atoms with Gasteiger partial charge in [0.2, 0.25) is 5.75 Å². The van der Waals surface area contributed by atoms with Crippen molar-refractivity contribution in [3.8, 4) is 17.2 Å². The third-order valence-corrected chi connectivity index (χ3v) is 3.30.